The molecule has 0 bridgehead atoms. The number of nitrogens with one attached hydrogen (secondary N) is 1. The van der Waals surface area contributed by atoms with Gasteiger partial charge in [0.1, 0.15) is 0 Å². The highest BCUT2D eigenvalue weighted by molar-refractivity contribution is 7.20. The van der Waals surface area contributed by atoms with Gasteiger partial charge in [0.25, 0.3) is 0 Å². The number of hydrogen-bond acceptors (Lipinski definition) is 6. The van der Waals surface area contributed by atoms with Crippen molar-refractivity contribution in [1.29, 1.82) is 0 Å². The van der Waals surface area contributed by atoms with Gasteiger partial charge in [-0.15, -0.1) is 11.3 Å². The fraction of sp³-hybridized carbons (Fsp3) is 0.375. The van der Waals surface area contributed by atoms with Gasteiger partial charge in [-0.2, -0.15) is 5.06 Å². The number of Topliss-reactive ketones (excluding diaryl/α,β-unsaturated/α-hetero) is 1. The highest BCUT2D eigenvalue weighted by Gasteiger charge is 2.28. The maximum Gasteiger partial charge on any atom is 0.221 e. The molecule has 1 aliphatic rings. The summed E-state index contributed by atoms with van der Waals surface area (Å²) in [4.78, 5) is 34.3. The first kappa shape index (κ1) is 21.6. The first-order valence-corrected chi connectivity index (χ1v) is 11.5. The number of aryl methyl sites for hydroxylation is 1. The number of anilines is 1. The van der Waals surface area contributed by atoms with Crippen molar-refractivity contribution >= 4 is 38.9 Å². The molecule has 0 aliphatic carbocycles. The van der Waals surface area contributed by atoms with Crippen LogP contribution in [0, 0.1) is 5.92 Å². The molecule has 0 spiro atoms. The fourth-order valence-electron chi connectivity index (χ4n) is 3.83. The molecule has 1 saturated heterocycles. The summed E-state index contributed by atoms with van der Waals surface area (Å²) in [5.74, 6) is 0.137. The maximum atomic E-state index is 12.8. The van der Waals surface area contributed by atoms with E-state index in [2.05, 4.69) is 10.3 Å². The largest absolute Gasteiger partial charge is 0.326 e. The summed E-state index contributed by atoms with van der Waals surface area (Å²) in [6, 6.07) is 15.8. The topological polar surface area (TPSA) is 71.5 Å². The average molecular weight is 438 g/mol. The van der Waals surface area contributed by atoms with Crippen molar-refractivity contribution in [3.63, 3.8) is 0 Å². The van der Waals surface area contributed by atoms with E-state index < -0.39 is 0 Å². The number of thiazole rings is 1. The third-order valence-electron chi connectivity index (χ3n) is 5.49. The molecule has 7 heteroatoms. The number of carbonyl (C=O) groups excluding carboxylic acids is 2. The highest BCUT2D eigenvalue weighted by Crippen LogP contribution is 2.27. The molecular weight excluding hydrogens is 410 g/mol. The number of nitrogens with zero attached hydrogens (tertiary/aromatic N) is 2. The fourth-order valence-corrected chi connectivity index (χ4v) is 4.81. The number of benzene rings is 2. The van der Waals surface area contributed by atoms with Crippen LogP contribution in [0.1, 0.15) is 41.6 Å². The number of para-hydroxylation sites is 1. The lowest BCUT2D eigenvalue weighted by atomic mass is 9.93. The van der Waals surface area contributed by atoms with Gasteiger partial charge in [-0.05, 0) is 55.5 Å². The minimum Gasteiger partial charge on any atom is -0.326 e. The number of fused-ring (bicyclic) bond motifs is 1. The first-order chi connectivity index (χ1) is 15.1. The third-order valence-corrected chi connectivity index (χ3v) is 6.54. The van der Waals surface area contributed by atoms with Gasteiger partial charge in [-0.1, -0.05) is 24.3 Å². The third kappa shape index (κ3) is 5.76. The number of rotatable bonds is 8. The van der Waals surface area contributed by atoms with Crippen molar-refractivity contribution in [2.45, 2.75) is 32.6 Å². The molecular formula is C24H27N3O3S. The first-order valence-electron chi connectivity index (χ1n) is 10.7. The Morgan fingerprint density at radius 2 is 1.87 bits per heavy atom. The van der Waals surface area contributed by atoms with E-state index in [-0.39, 0.29) is 17.6 Å². The zero-order chi connectivity index (χ0) is 21.6. The van der Waals surface area contributed by atoms with E-state index in [0.29, 0.717) is 11.6 Å². The molecule has 1 aromatic heterocycles. The van der Waals surface area contributed by atoms with Crippen LogP contribution in [0.5, 0.6) is 0 Å². The molecule has 1 N–H and O–H groups in total. The Balaban J connectivity index is 1.17. The van der Waals surface area contributed by atoms with E-state index in [1.807, 2.05) is 53.6 Å². The maximum absolute atomic E-state index is 12.8. The molecule has 1 aliphatic heterocycles. The summed E-state index contributed by atoms with van der Waals surface area (Å²) >= 11 is 1.49. The van der Waals surface area contributed by atoms with E-state index in [0.717, 1.165) is 54.7 Å². The summed E-state index contributed by atoms with van der Waals surface area (Å²) in [6.07, 6.45) is 3.45. The van der Waals surface area contributed by atoms with Crippen LogP contribution in [0.25, 0.3) is 10.2 Å². The molecule has 4 rings (SSSR count). The normalized spacial score (nSPS) is 15.3. The predicted octanol–water partition coefficient (Wildman–Crippen LogP) is 4.71. The van der Waals surface area contributed by atoms with E-state index in [1.165, 1.54) is 23.8 Å². The number of carbonyl (C=O) groups is 2. The Morgan fingerprint density at radius 3 is 2.58 bits per heavy atom. The highest BCUT2D eigenvalue weighted by atomic mass is 32.1. The second kappa shape index (κ2) is 10.1. The van der Waals surface area contributed by atoms with Gasteiger partial charge in [-0.3, -0.25) is 14.4 Å². The van der Waals surface area contributed by atoms with E-state index in [9.17, 15) is 9.59 Å². The standard InChI is InChI=1S/C24H27N3O3S/c1-17(28)25-20-10-8-18(9-11-20)5-4-16-30-27-14-12-19(13-15-27)23(29)24-26-21-6-2-3-7-22(21)31-24/h2-3,6-11,19H,4-5,12-16H2,1H3,(H,25,28). The summed E-state index contributed by atoms with van der Waals surface area (Å²) < 4.78 is 1.07. The van der Waals surface area contributed by atoms with E-state index >= 15 is 0 Å². The second-order valence-corrected chi connectivity index (χ2v) is 8.90. The molecule has 3 aromatic rings. The lowest BCUT2D eigenvalue weighted by molar-refractivity contribution is -0.172. The molecule has 2 heterocycles. The SMILES string of the molecule is CC(=O)Nc1ccc(CCCON2CCC(C(=O)c3nc4ccccc4s3)CC2)cc1. The zero-order valence-electron chi connectivity index (χ0n) is 17.7. The Morgan fingerprint density at radius 1 is 1.13 bits per heavy atom. The summed E-state index contributed by atoms with van der Waals surface area (Å²) in [5.41, 5.74) is 2.94. The molecule has 0 radical (unpaired) electrons. The summed E-state index contributed by atoms with van der Waals surface area (Å²) in [7, 11) is 0. The van der Waals surface area contributed by atoms with Gasteiger partial charge >= 0.3 is 0 Å². The van der Waals surface area contributed by atoms with Crippen LogP contribution in [0.3, 0.4) is 0 Å². The van der Waals surface area contributed by atoms with E-state index in [1.54, 1.807) is 0 Å². The zero-order valence-corrected chi connectivity index (χ0v) is 18.5. The van der Waals surface area contributed by atoms with Crippen molar-refractivity contribution in [2.24, 2.45) is 5.92 Å². The van der Waals surface area contributed by atoms with Gasteiger partial charge in [0.15, 0.2) is 10.8 Å². The Hall–Kier alpha value is -2.61. The van der Waals surface area contributed by atoms with Crippen LogP contribution in [0.2, 0.25) is 0 Å². The predicted molar refractivity (Wildman–Crippen MR) is 123 cm³/mol. The summed E-state index contributed by atoms with van der Waals surface area (Å²) in [6.45, 7) is 3.70. The monoisotopic (exact) mass is 437 g/mol. The van der Waals surface area contributed by atoms with Gasteiger partial charge < -0.3 is 5.32 Å². The molecule has 0 atom stereocenters. The van der Waals surface area contributed by atoms with Crippen molar-refractivity contribution in [3.8, 4) is 0 Å². The molecule has 6 nitrogen and oxygen atoms in total. The van der Waals surface area contributed by atoms with Crippen molar-refractivity contribution in [2.75, 3.05) is 25.0 Å². The number of hydrogen-bond donors (Lipinski definition) is 1. The molecule has 31 heavy (non-hydrogen) atoms. The summed E-state index contributed by atoms with van der Waals surface area (Å²) in [5, 5.41) is 5.39. The Labute approximate surface area is 186 Å². The Bertz CT molecular complexity index is 1010. The number of piperidine rings is 1. The molecule has 2 aromatic carbocycles. The number of amides is 1. The van der Waals surface area contributed by atoms with Gasteiger partial charge in [0, 0.05) is 31.6 Å². The van der Waals surface area contributed by atoms with Crippen LogP contribution in [-0.4, -0.2) is 41.4 Å². The molecule has 162 valence electrons. The molecule has 1 amide bonds. The second-order valence-electron chi connectivity index (χ2n) is 7.87. The number of hydroxylamine groups is 2. The number of aromatic nitrogens is 1. The van der Waals surface area contributed by atoms with Gasteiger partial charge in [0.2, 0.25) is 5.91 Å². The van der Waals surface area contributed by atoms with Crippen LogP contribution < -0.4 is 5.32 Å². The van der Waals surface area contributed by atoms with Crippen molar-refractivity contribution in [3.05, 3.63) is 59.1 Å². The lowest BCUT2D eigenvalue weighted by Gasteiger charge is -2.30. The molecule has 0 saturated carbocycles. The average Bonchev–Trinajstić information content (AvgIpc) is 3.22. The minimum absolute atomic E-state index is 0.0301. The van der Waals surface area contributed by atoms with Gasteiger partial charge in [-0.25, -0.2) is 4.98 Å². The van der Waals surface area contributed by atoms with Crippen LogP contribution in [-0.2, 0) is 16.1 Å². The minimum atomic E-state index is -0.0632. The van der Waals surface area contributed by atoms with Crippen LogP contribution in [0.4, 0.5) is 5.69 Å². The Kier molecular flexibility index (Phi) is 7.06. The van der Waals surface area contributed by atoms with Crippen LogP contribution >= 0.6 is 11.3 Å². The quantitative estimate of drug-likeness (QED) is 0.408. The lowest BCUT2D eigenvalue weighted by Crippen LogP contribution is -2.36. The van der Waals surface area contributed by atoms with Crippen molar-refractivity contribution < 1.29 is 14.4 Å². The molecule has 0 unspecified atom stereocenters. The smallest absolute Gasteiger partial charge is 0.221 e. The van der Waals surface area contributed by atoms with Gasteiger partial charge in [0.05, 0.1) is 16.8 Å². The van der Waals surface area contributed by atoms with Crippen molar-refractivity contribution in [1.82, 2.24) is 10.0 Å². The molecule has 1 fully saturated rings. The van der Waals surface area contributed by atoms with E-state index in [4.69, 9.17) is 4.84 Å². The van der Waals surface area contributed by atoms with Crippen LogP contribution in [0.15, 0.2) is 48.5 Å². The number of ketones is 1.